The third kappa shape index (κ3) is 3.66. The van der Waals surface area contributed by atoms with E-state index in [9.17, 15) is 0 Å². The summed E-state index contributed by atoms with van der Waals surface area (Å²) in [5.41, 5.74) is 14.9. The van der Waals surface area contributed by atoms with Crippen LogP contribution in [0.5, 0.6) is 0 Å². The van der Waals surface area contributed by atoms with Crippen LogP contribution in [0, 0.1) is 5.41 Å². The fourth-order valence-electron chi connectivity index (χ4n) is 2.70. The molecule has 0 fully saturated rings. The fraction of sp³-hybridized carbons (Fsp3) is 0.278. The highest BCUT2D eigenvalue weighted by Gasteiger charge is 2.12. The number of hydrogen-bond acceptors (Lipinski definition) is 7. The van der Waals surface area contributed by atoms with Crippen LogP contribution < -0.4 is 11.5 Å². The molecule has 0 bridgehead atoms. The van der Waals surface area contributed by atoms with Crippen molar-refractivity contribution < 1.29 is 9.47 Å². The summed E-state index contributed by atoms with van der Waals surface area (Å²) in [4.78, 5) is 4.48. The molecule has 5 N–H and O–H groups in total. The molecule has 0 unspecified atom stereocenters. The summed E-state index contributed by atoms with van der Waals surface area (Å²) in [6.07, 6.45) is 4.57. The van der Waals surface area contributed by atoms with E-state index >= 15 is 0 Å². The number of methoxy groups -OCH3 is 1. The average Bonchev–Trinajstić information content (AvgIpc) is 3.06. The van der Waals surface area contributed by atoms with Crippen LogP contribution in [0.25, 0.3) is 27.5 Å². The zero-order valence-electron chi connectivity index (χ0n) is 14.6. The quantitative estimate of drug-likeness (QED) is 0.418. The number of nitrogens with zero attached hydrogens (tertiary/aromatic N) is 3. The predicted molar refractivity (Wildman–Crippen MR) is 103 cm³/mol. The number of benzene rings is 1. The summed E-state index contributed by atoms with van der Waals surface area (Å²) in [6.45, 7) is 2.28. The first kappa shape index (κ1) is 17.8. The van der Waals surface area contributed by atoms with Gasteiger partial charge in [-0.15, -0.1) is 0 Å². The maximum atomic E-state index is 7.14. The minimum atomic E-state index is 0.422. The first-order chi connectivity index (χ1) is 12.6. The molecule has 0 aliphatic rings. The zero-order chi connectivity index (χ0) is 18.5. The number of hydrogen-bond donors (Lipinski definition) is 3. The molecule has 0 radical (unpaired) electrons. The van der Waals surface area contributed by atoms with E-state index < -0.39 is 0 Å². The number of allylic oxidation sites excluding steroid dienone is 1. The molecule has 3 rings (SSSR count). The van der Waals surface area contributed by atoms with Crippen LogP contribution in [-0.4, -0.2) is 47.9 Å². The Morgan fingerprint density at radius 2 is 2.12 bits per heavy atom. The molecule has 0 atom stereocenters. The van der Waals surface area contributed by atoms with E-state index in [2.05, 4.69) is 10.1 Å². The molecule has 8 heteroatoms. The van der Waals surface area contributed by atoms with Crippen molar-refractivity contribution in [2.45, 2.75) is 6.54 Å². The van der Waals surface area contributed by atoms with E-state index in [-0.39, 0.29) is 0 Å². The van der Waals surface area contributed by atoms with Crippen LogP contribution in [0.4, 0.5) is 5.82 Å². The van der Waals surface area contributed by atoms with Gasteiger partial charge in [0.15, 0.2) is 0 Å². The number of anilines is 1. The van der Waals surface area contributed by atoms with Gasteiger partial charge in [-0.2, -0.15) is 5.10 Å². The van der Waals surface area contributed by atoms with Gasteiger partial charge >= 0.3 is 0 Å². The highest BCUT2D eigenvalue weighted by molar-refractivity contribution is 6.07. The lowest BCUT2D eigenvalue weighted by molar-refractivity contribution is 0.0655. The van der Waals surface area contributed by atoms with Gasteiger partial charge in [-0.25, -0.2) is 4.98 Å². The number of fused-ring (bicyclic) bond motifs is 3. The molecule has 2 heterocycles. The lowest BCUT2D eigenvalue weighted by Gasteiger charge is -2.05. The third-order valence-electron chi connectivity index (χ3n) is 4.02. The predicted octanol–water partition coefficient (Wildman–Crippen LogP) is 1.78. The molecule has 0 amide bonds. The number of aromatic nitrogens is 3. The normalized spacial score (nSPS) is 12.1. The molecular weight excluding hydrogens is 332 g/mol. The molecule has 3 aromatic rings. The summed E-state index contributed by atoms with van der Waals surface area (Å²) >= 11 is 0. The van der Waals surface area contributed by atoms with Gasteiger partial charge in [0.05, 0.1) is 37.3 Å². The second-order valence-corrected chi connectivity index (χ2v) is 5.78. The van der Waals surface area contributed by atoms with Gasteiger partial charge in [0.1, 0.15) is 11.3 Å². The highest BCUT2D eigenvalue weighted by Crippen LogP contribution is 2.28. The Morgan fingerprint density at radius 3 is 2.88 bits per heavy atom. The van der Waals surface area contributed by atoms with Crippen molar-refractivity contribution in [2.75, 3.05) is 32.7 Å². The van der Waals surface area contributed by atoms with Gasteiger partial charge in [-0.3, -0.25) is 4.68 Å². The Bertz CT molecular complexity index is 963. The Balaban J connectivity index is 1.92. The van der Waals surface area contributed by atoms with Gasteiger partial charge in [0, 0.05) is 30.6 Å². The van der Waals surface area contributed by atoms with Crippen LogP contribution in [0.3, 0.4) is 0 Å². The van der Waals surface area contributed by atoms with Gasteiger partial charge in [0.2, 0.25) is 0 Å². The van der Waals surface area contributed by atoms with Crippen LogP contribution in [0.1, 0.15) is 5.56 Å². The van der Waals surface area contributed by atoms with E-state index in [0.29, 0.717) is 37.9 Å². The lowest BCUT2D eigenvalue weighted by Crippen LogP contribution is -2.09. The molecule has 0 saturated heterocycles. The summed E-state index contributed by atoms with van der Waals surface area (Å²) in [5, 5.41) is 13.5. The number of nitrogen functional groups attached to an aromatic ring is 1. The fourth-order valence-corrected chi connectivity index (χ4v) is 2.70. The Kier molecular flexibility index (Phi) is 5.45. The maximum absolute atomic E-state index is 7.14. The topological polar surface area (TPSA) is 125 Å². The number of ether oxygens (including phenoxy) is 2. The second-order valence-electron chi connectivity index (χ2n) is 5.78. The van der Waals surface area contributed by atoms with E-state index in [1.54, 1.807) is 7.11 Å². The Hall–Kier alpha value is -2.97. The summed E-state index contributed by atoms with van der Waals surface area (Å²) in [7, 11) is 1.64. The van der Waals surface area contributed by atoms with Crippen molar-refractivity contribution in [3.05, 3.63) is 36.0 Å². The molecule has 136 valence electrons. The van der Waals surface area contributed by atoms with Crippen molar-refractivity contribution in [1.29, 1.82) is 5.41 Å². The molecule has 2 aromatic heterocycles. The molecule has 26 heavy (non-hydrogen) atoms. The van der Waals surface area contributed by atoms with Crippen molar-refractivity contribution >= 4 is 39.5 Å². The molecular formula is C18H22N6O2. The summed E-state index contributed by atoms with van der Waals surface area (Å²) in [6, 6.07) is 5.67. The first-order valence-electron chi connectivity index (χ1n) is 8.23. The van der Waals surface area contributed by atoms with Crippen LogP contribution >= 0.6 is 0 Å². The van der Waals surface area contributed by atoms with Crippen LogP contribution in [-0.2, 0) is 16.0 Å². The summed E-state index contributed by atoms with van der Waals surface area (Å²) < 4.78 is 12.2. The number of nitrogens with two attached hydrogens (primary N) is 2. The highest BCUT2D eigenvalue weighted by atomic mass is 16.5. The second kappa shape index (κ2) is 7.94. The largest absolute Gasteiger partial charge is 0.398 e. The number of rotatable bonds is 8. The Labute approximate surface area is 150 Å². The van der Waals surface area contributed by atoms with Gasteiger partial charge in [-0.1, -0.05) is 6.07 Å². The van der Waals surface area contributed by atoms with Gasteiger partial charge in [-0.05, 0) is 23.8 Å². The minimum absolute atomic E-state index is 0.422. The van der Waals surface area contributed by atoms with E-state index in [1.165, 1.54) is 6.08 Å². The monoisotopic (exact) mass is 354 g/mol. The smallest absolute Gasteiger partial charge is 0.135 e. The van der Waals surface area contributed by atoms with Crippen LogP contribution in [0.2, 0.25) is 0 Å². The van der Waals surface area contributed by atoms with Crippen LogP contribution in [0.15, 0.2) is 30.5 Å². The van der Waals surface area contributed by atoms with Gasteiger partial charge < -0.3 is 26.4 Å². The number of nitrogens with one attached hydrogen (secondary N) is 1. The van der Waals surface area contributed by atoms with E-state index in [4.69, 9.17) is 26.4 Å². The van der Waals surface area contributed by atoms with Crippen molar-refractivity contribution in [1.82, 2.24) is 14.8 Å². The molecule has 0 aliphatic heterocycles. The van der Waals surface area contributed by atoms with Gasteiger partial charge in [0.25, 0.3) is 0 Å². The average molecular weight is 354 g/mol. The molecule has 1 aromatic carbocycles. The first-order valence-corrected chi connectivity index (χ1v) is 8.23. The lowest BCUT2D eigenvalue weighted by atomic mass is 10.1. The Morgan fingerprint density at radius 1 is 1.27 bits per heavy atom. The van der Waals surface area contributed by atoms with Crippen molar-refractivity contribution in [3.63, 3.8) is 0 Å². The minimum Gasteiger partial charge on any atom is -0.398 e. The maximum Gasteiger partial charge on any atom is 0.135 e. The molecule has 8 nitrogen and oxygen atoms in total. The van der Waals surface area contributed by atoms with E-state index in [0.717, 1.165) is 33.6 Å². The standard InChI is InChI=1S/C18H22N6O2/c1-25-8-9-26-7-6-24-11-14-17(23-24)13-3-2-12(15(20)4-5-19)10-16(13)22-18(14)21/h2-5,10-11,19H,6-9,20H2,1H3,(H2,21,22). The number of pyridine rings is 1. The third-order valence-corrected chi connectivity index (χ3v) is 4.02. The van der Waals surface area contributed by atoms with Crippen molar-refractivity contribution in [2.24, 2.45) is 5.73 Å². The molecule has 0 spiro atoms. The zero-order valence-corrected chi connectivity index (χ0v) is 14.6. The molecule has 0 saturated carbocycles. The molecule has 0 aliphatic carbocycles. The SMILES string of the molecule is COCCOCCn1cc2c(N)nc3cc(C(N)=CC=N)ccc3c2n1. The van der Waals surface area contributed by atoms with Crippen molar-refractivity contribution in [3.8, 4) is 0 Å². The van der Waals surface area contributed by atoms with E-state index in [1.807, 2.05) is 29.1 Å². The summed E-state index contributed by atoms with van der Waals surface area (Å²) in [5.74, 6) is 0.422.